The van der Waals surface area contributed by atoms with Crippen molar-refractivity contribution < 1.29 is 13.2 Å². The third kappa shape index (κ3) is 2.20. The number of thiophene rings is 1. The highest BCUT2D eigenvalue weighted by Crippen LogP contribution is 2.28. The molecule has 2 heterocycles. The van der Waals surface area contributed by atoms with E-state index in [0.29, 0.717) is 12.0 Å². The van der Waals surface area contributed by atoms with Crippen molar-refractivity contribution in [1.82, 2.24) is 0 Å². The van der Waals surface area contributed by atoms with E-state index in [1.807, 2.05) is 19.9 Å². The molecule has 0 bridgehead atoms. The van der Waals surface area contributed by atoms with Gasteiger partial charge in [-0.2, -0.15) is 0 Å². The highest BCUT2D eigenvalue weighted by Gasteiger charge is 2.34. The minimum atomic E-state index is -2.97. The summed E-state index contributed by atoms with van der Waals surface area (Å²) in [6.45, 7) is 3.87. The topological polar surface area (TPSA) is 51.2 Å². The third-order valence-corrected chi connectivity index (χ3v) is 5.64. The molecule has 0 spiro atoms. The fraction of sp³-hybridized carbons (Fsp3) is 0.545. The number of Topliss-reactive ketones (excluding diaryl/α,β-unsaturated/α-hetero) is 1. The van der Waals surface area contributed by atoms with Gasteiger partial charge in [0.2, 0.25) is 0 Å². The van der Waals surface area contributed by atoms with Crippen LogP contribution in [0.5, 0.6) is 0 Å². The van der Waals surface area contributed by atoms with Crippen molar-refractivity contribution in [2.75, 3.05) is 11.5 Å². The predicted octanol–water partition coefficient (Wildman–Crippen LogP) is 1.98. The Balaban J connectivity index is 2.24. The zero-order valence-corrected chi connectivity index (χ0v) is 11.0. The molecule has 2 rings (SSSR count). The van der Waals surface area contributed by atoms with E-state index in [9.17, 15) is 13.2 Å². The van der Waals surface area contributed by atoms with E-state index in [1.165, 1.54) is 0 Å². The summed E-state index contributed by atoms with van der Waals surface area (Å²) in [6.07, 6.45) is 0.482. The molecule has 16 heavy (non-hydrogen) atoms. The number of carbonyl (C=O) groups is 1. The van der Waals surface area contributed by atoms with Gasteiger partial charge >= 0.3 is 0 Å². The van der Waals surface area contributed by atoms with Crippen LogP contribution in [0, 0.1) is 19.8 Å². The Morgan fingerprint density at radius 2 is 2.12 bits per heavy atom. The van der Waals surface area contributed by atoms with Crippen molar-refractivity contribution in [3.8, 4) is 0 Å². The number of hydrogen-bond donors (Lipinski definition) is 0. The first kappa shape index (κ1) is 11.8. The molecule has 0 amide bonds. The zero-order valence-electron chi connectivity index (χ0n) is 9.32. The van der Waals surface area contributed by atoms with Crippen molar-refractivity contribution in [2.24, 2.45) is 5.92 Å². The second-order valence-electron chi connectivity index (χ2n) is 4.29. The number of hydrogen-bond acceptors (Lipinski definition) is 4. The predicted molar refractivity (Wildman–Crippen MR) is 64.9 cm³/mol. The zero-order chi connectivity index (χ0) is 11.9. The first-order valence-corrected chi connectivity index (χ1v) is 7.84. The largest absolute Gasteiger partial charge is 0.294 e. The maximum absolute atomic E-state index is 12.1. The molecule has 0 N–H and O–H groups in total. The third-order valence-electron chi connectivity index (χ3n) is 2.91. The standard InChI is InChI=1S/C11H14O3S2/c1-7-5-10(8(2)15-7)11(12)9-3-4-16(13,14)6-9/h5,9H,3-4,6H2,1-2H3. The van der Waals surface area contributed by atoms with Crippen LogP contribution in [0.15, 0.2) is 6.07 Å². The van der Waals surface area contributed by atoms with Crippen LogP contribution in [0.2, 0.25) is 0 Å². The second-order valence-corrected chi connectivity index (χ2v) is 7.98. The van der Waals surface area contributed by atoms with E-state index in [4.69, 9.17) is 0 Å². The smallest absolute Gasteiger partial charge is 0.168 e. The van der Waals surface area contributed by atoms with E-state index in [-0.39, 0.29) is 23.2 Å². The average molecular weight is 258 g/mol. The van der Waals surface area contributed by atoms with Crippen molar-refractivity contribution in [3.63, 3.8) is 0 Å². The minimum absolute atomic E-state index is 0.00271. The molecule has 1 aromatic rings. The lowest BCUT2D eigenvalue weighted by atomic mass is 9.97. The maximum Gasteiger partial charge on any atom is 0.168 e. The lowest BCUT2D eigenvalue weighted by Crippen LogP contribution is -2.16. The molecular formula is C11H14O3S2. The van der Waals surface area contributed by atoms with E-state index in [0.717, 1.165) is 9.75 Å². The lowest BCUT2D eigenvalue weighted by Gasteiger charge is -2.05. The number of carbonyl (C=O) groups excluding carboxylic acids is 1. The van der Waals surface area contributed by atoms with Gasteiger partial charge in [-0.1, -0.05) is 0 Å². The monoisotopic (exact) mass is 258 g/mol. The SMILES string of the molecule is Cc1cc(C(=O)C2CCS(=O)(=O)C2)c(C)s1. The number of ketones is 1. The number of rotatable bonds is 2. The van der Waals surface area contributed by atoms with Crippen LogP contribution in [0.1, 0.15) is 26.5 Å². The van der Waals surface area contributed by atoms with E-state index in [2.05, 4.69) is 0 Å². The summed E-state index contributed by atoms with van der Waals surface area (Å²) >= 11 is 1.59. The summed E-state index contributed by atoms with van der Waals surface area (Å²) in [7, 11) is -2.97. The van der Waals surface area contributed by atoms with Crippen LogP contribution in [0.4, 0.5) is 0 Å². The van der Waals surface area contributed by atoms with Crippen molar-refractivity contribution in [3.05, 3.63) is 21.4 Å². The highest BCUT2D eigenvalue weighted by molar-refractivity contribution is 7.91. The van der Waals surface area contributed by atoms with Gasteiger partial charge in [0, 0.05) is 21.2 Å². The molecule has 0 aliphatic carbocycles. The molecule has 1 aliphatic heterocycles. The number of sulfone groups is 1. The molecule has 3 nitrogen and oxygen atoms in total. The first-order chi connectivity index (χ1) is 7.39. The lowest BCUT2D eigenvalue weighted by molar-refractivity contribution is 0.0933. The Hall–Kier alpha value is -0.680. The molecule has 0 aromatic carbocycles. The Bertz CT molecular complexity index is 525. The molecule has 0 saturated carbocycles. The van der Waals surface area contributed by atoms with Gasteiger partial charge in [0.05, 0.1) is 11.5 Å². The van der Waals surface area contributed by atoms with Gasteiger partial charge in [-0.25, -0.2) is 8.42 Å². The summed E-state index contributed by atoms with van der Waals surface area (Å²) < 4.78 is 22.6. The summed E-state index contributed by atoms with van der Waals surface area (Å²) in [5.74, 6) is -0.133. The van der Waals surface area contributed by atoms with Gasteiger partial charge in [-0.15, -0.1) is 11.3 Å². The Morgan fingerprint density at radius 1 is 1.44 bits per heavy atom. The van der Waals surface area contributed by atoms with Crippen molar-refractivity contribution in [1.29, 1.82) is 0 Å². The van der Waals surface area contributed by atoms with E-state index < -0.39 is 9.84 Å². The molecule has 1 fully saturated rings. The van der Waals surface area contributed by atoms with Gasteiger partial charge in [-0.05, 0) is 26.3 Å². The van der Waals surface area contributed by atoms with Crippen LogP contribution in [-0.2, 0) is 9.84 Å². The molecule has 1 atom stereocenters. The van der Waals surface area contributed by atoms with Crippen molar-refractivity contribution >= 4 is 27.0 Å². The molecule has 1 saturated heterocycles. The Morgan fingerprint density at radius 3 is 2.56 bits per heavy atom. The second kappa shape index (κ2) is 3.96. The van der Waals surface area contributed by atoms with Crippen LogP contribution in [-0.4, -0.2) is 25.7 Å². The van der Waals surface area contributed by atoms with Crippen LogP contribution < -0.4 is 0 Å². The molecule has 1 aliphatic rings. The molecule has 0 radical (unpaired) electrons. The highest BCUT2D eigenvalue weighted by atomic mass is 32.2. The maximum atomic E-state index is 12.1. The fourth-order valence-electron chi connectivity index (χ4n) is 2.10. The van der Waals surface area contributed by atoms with Gasteiger partial charge < -0.3 is 0 Å². The van der Waals surface area contributed by atoms with E-state index >= 15 is 0 Å². The molecule has 88 valence electrons. The summed E-state index contributed by atoms with van der Waals surface area (Å²) in [5, 5.41) is 0. The van der Waals surface area contributed by atoms with Crippen molar-refractivity contribution in [2.45, 2.75) is 20.3 Å². The van der Waals surface area contributed by atoms with Crippen LogP contribution in [0.25, 0.3) is 0 Å². The molecule has 1 unspecified atom stereocenters. The number of aryl methyl sites for hydroxylation is 2. The van der Waals surface area contributed by atoms with Crippen LogP contribution >= 0.6 is 11.3 Å². The molecule has 5 heteroatoms. The summed E-state index contributed by atoms with van der Waals surface area (Å²) in [6, 6.07) is 1.87. The van der Waals surface area contributed by atoms with Gasteiger partial charge in [0.15, 0.2) is 15.6 Å². The molecular weight excluding hydrogens is 244 g/mol. The normalized spacial score (nSPS) is 23.5. The van der Waals surface area contributed by atoms with Gasteiger partial charge in [-0.3, -0.25) is 4.79 Å². The fourth-order valence-corrected chi connectivity index (χ4v) is 4.77. The average Bonchev–Trinajstić information content (AvgIpc) is 2.68. The quantitative estimate of drug-likeness (QED) is 0.762. The van der Waals surface area contributed by atoms with Gasteiger partial charge in [0.1, 0.15) is 0 Å². The Labute approximate surface area is 99.4 Å². The molecule has 1 aromatic heterocycles. The van der Waals surface area contributed by atoms with Gasteiger partial charge in [0.25, 0.3) is 0 Å². The van der Waals surface area contributed by atoms with E-state index in [1.54, 1.807) is 11.3 Å². The Kier molecular flexibility index (Phi) is 2.92. The van der Waals surface area contributed by atoms with Crippen LogP contribution in [0.3, 0.4) is 0 Å². The minimum Gasteiger partial charge on any atom is -0.294 e. The first-order valence-electron chi connectivity index (χ1n) is 5.21. The summed E-state index contributed by atoms with van der Waals surface area (Å²) in [5.41, 5.74) is 0.713. The summed E-state index contributed by atoms with van der Waals surface area (Å²) in [4.78, 5) is 14.2.